The van der Waals surface area contributed by atoms with Gasteiger partial charge >= 0.3 is 0 Å². The van der Waals surface area contributed by atoms with E-state index in [4.69, 9.17) is 5.26 Å². The van der Waals surface area contributed by atoms with Crippen molar-refractivity contribution in [2.75, 3.05) is 13.1 Å². The Morgan fingerprint density at radius 1 is 1.18 bits per heavy atom. The van der Waals surface area contributed by atoms with Crippen molar-refractivity contribution < 1.29 is 0 Å². The lowest BCUT2D eigenvalue weighted by Gasteiger charge is -2.24. The van der Waals surface area contributed by atoms with Crippen molar-refractivity contribution in [2.45, 2.75) is 54.4 Å². The summed E-state index contributed by atoms with van der Waals surface area (Å²) >= 11 is 0. The SMILES string of the molecule is CC(C)(CCC#N)CNCC1C(C)(C)C1(C)C. The van der Waals surface area contributed by atoms with Gasteiger partial charge in [0.25, 0.3) is 0 Å². The highest BCUT2D eigenvalue weighted by molar-refractivity contribution is 5.12. The Morgan fingerprint density at radius 3 is 2.12 bits per heavy atom. The minimum absolute atomic E-state index is 0.235. The minimum Gasteiger partial charge on any atom is -0.316 e. The van der Waals surface area contributed by atoms with E-state index in [9.17, 15) is 0 Å². The van der Waals surface area contributed by atoms with Gasteiger partial charge in [0.1, 0.15) is 0 Å². The second-order valence-corrected chi connectivity index (χ2v) is 7.45. The zero-order valence-corrected chi connectivity index (χ0v) is 12.4. The van der Waals surface area contributed by atoms with E-state index in [2.05, 4.69) is 52.9 Å². The van der Waals surface area contributed by atoms with Crippen LogP contribution in [0, 0.1) is 33.5 Å². The van der Waals surface area contributed by atoms with E-state index in [0.29, 0.717) is 17.3 Å². The van der Waals surface area contributed by atoms with Crippen molar-refractivity contribution in [2.24, 2.45) is 22.2 Å². The molecule has 1 aliphatic rings. The Balaban J connectivity index is 2.28. The van der Waals surface area contributed by atoms with E-state index in [1.165, 1.54) is 0 Å². The van der Waals surface area contributed by atoms with Crippen LogP contribution in [0.3, 0.4) is 0 Å². The van der Waals surface area contributed by atoms with Gasteiger partial charge in [0.2, 0.25) is 0 Å². The molecule has 0 aliphatic heterocycles. The number of nitrogens with one attached hydrogen (secondary N) is 1. The lowest BCUT2D eigenvalue weighted by atomic mass is 9.88. The fraction of sp³-hybridized carbons (Fsp3) is 0.933. The topological polar surface area (TPSA) is 35.8 Å². The molecule has 0 bridgehead atoms. The van der Waals surface area contributed by atoms with E-state index in [-0.39, 0.29) is 5.41 Å². The van der Waals surface area contributed by atoms with Gasteiger partial charge in [0.05, 0.1) is 6.07 Å². The van der Waals surface area contributed by atoms with Crippen LogP contribution in [0.2, 0.25) is 0 Å². The average molecular weight is 236 g/mol. The van der Waals surface area contributed by atoms with Gasteiger partial charge < -0.3 is 5.32 Å². The molecule has 1 fully saturated rings. The highest BCUT2D eigenvalue weighted by atomic mass is 14.9. The number of rotatable bonds is 6. The van der Waals surface area contributed by atoms with Gasteiger partial charge in [-0.25, -0.2) is 0 Å². The normalized spacial score (nSPS) is 22.2. The highest BCUT2D eigenvalue weighted by Gasteiger charge is 2.63. The van der Waals surface area contributed by atoms with E-state index in [1.54, 1.807) is 0 Å². The predicted octanol–water partition coefficient (Wildman–Crippen LogP) is 3.59. The van der Waals surface area contributed by atoms with Crippen LogP contribution in [0.1, 0.15) is 54.4 Å². The monoisotopic (exact) mass is 236 g/mol. The molecule has 0 atom stereocenters. The largest absolute Gasteiger partial charge is 0.316 e. The average Bonchev–Trinajstić information content (AvgIpc) is 2.57. The second-order valence-electron chi connectivity index (χ2n) is 7.45. The first-order valence-electron chi connectivity index (χ1n) is 6.73. The molecule has 0 radical (unpaired) electrons. The molecule has 1 rings (SSSR count). The number of nitrogens with zero attached hydrogens (tertiary/aromatic N) is 1. The van der Waals surface area contributed by atoms with Crippen molar-refractivity contribution in [1.29, 1.82) is 5.26 Å². The zero-order chi connectivity index (χ0) is 13.3. The molecule has 0 aromatic heterocycles. The Morgan fingerprint density at radius 2 is 1.71 bits per heavy atom. The van der Waals surface area contributed by atoms with Crippen LogP contribution in [0.5, 0.6) is 0 Å². The maximum atomic E-state index is 8.62. The third-order valence-electron chi connectivity index (χ3n) is 5.19. The summed E-state index contributed by atoms with van der Waals surface area (Å²) in [5, 5.41) is 12.2. The molecule has 0 heterocycles. The molecule has 2 heteroatoms. The summed E-state index contributed by atoms with van der Waals surface area (Å²) in [5.74, 6) is 0.779. The fourth-order valence-electron chi connectivity index (χ4n) is 2.88. The van der Waals surface area contributed by atoms with Crippen molar-refractivity contribution in [3.05, 3.63) is 0 Å². The van der Waals surface area contributed by atoms with Gasteiger partial charge in [-0.05, 0) is 35.1 Å². The van der Waals surface area contributed by atoms with Crippen LogP contribution in [0.15, 0.2) is 0 Å². The van der Waals surface area contributed by atoms with Crippen LogP contribution < -0.4 is 5.32 Å². The molecule has 17 heavy (non-hydrogen) atoms. The molecule has 0 amide bonds. The van der Waals surface area contributed by atoms with Crippen molar-refractivity contribution >= 4 is 0 Å². The van der Waals surface area contributed by atoms with Gasteiger partial charge in [0, 0.05) is 13.0 Å². The summed E-state index contributed by atoms with van der Waals surface area (Å²) in [7, 11) is 0. The van der Waals surface area contributed by atoms with Crippen LogP contribution in [0.4, 0.5) is 0 Å². The summed E-state index contributed by atoms with van der Waals surface area (Å²) in [6.07, 6.45) is 1.64. The highest BCUT2D eigenvalue weighted by Crippen LogP contribution is 2.67. The van der Waals surface area contributed by atoms with Gasteiger partial charge in [-0.2, -0.15) is 5.26 Å². The lowest BCUT2D eigenvalue weighted by Crippen LogP contribution is -2.31. The standard InChI is InChI=1S/C15H28N2/c1-13(2,8-7-9-16)11-17-10-12-14(3,4)15(12,5)6/h12,17H,7-8,10-11H2,1-6H3. The van der Waals surface area contributed by atoms with Crippen molar-refractivity contribution in [3.8, 4) is 6.07 Å². The summed E-state index contributed by atoms with van der Waals surface area (Å²) in [4.78, 5) is 0. The predicted molar refractivity (Wildman–Crippen MR) is 72.5 cm³/mol. The lowest BCUT2D eigenvalue weighted by molar-refractivity contribution is 0.312. The summed E-state index contributed by atoms with van der Waals surface area (Å²) in [6, 6.07) is 2.23. The van der Waals surface area contributed by atoms with E-state index in [0.717, 1.165) is 25.4 Å². The maximum Gasteiger partial charge on any atom is 0.0621 e. The smallest absolute Gasteiger partial charge is 0.0621 e. The molecule has 2 nitrogen and oxygen atoms in total. The Labute approximate surface area is 107 Å². The van der Waals surface area contributed by atoms with Crippen LogP contribution in [-0.2, 0) is 0 Å². The first-order chi connectivity index (χ1) is 7.65. The molecule has 0 spiro atoms. The summed E-state index contributed by atoms with van der Waals surface area (Å²) < 4.78 is 0. The van der Waals surface area contributed by atoms with Gasteiger partial charge in [-0.15, -0.1) is 0 Å². The van der Waals surface area contributed by atoms with E-state index < -0.39 is 0 Å². The van der Waals surface area contributed by atoms with Gasteiger partial charge in [-0.3, -0.25) is 0 Å². The number of hydrogen-bond acceptors (Lipinski definition) is 2. The van der Waals surface area contributed by atoms with Gasteiger partial charge in [-0.1, -0.05) is 41.5 Å². The molecule has 0 unspecified atom stereocenters. The van der Waals surface area contributed by atoms with E-state index >= 15 is 0 Å². The third-order valence-corrected chi connectivity index (χ3v) is 5.19. The first-order valence-corrected chi connectivity index (χ1v) is 6.73. The maximum absolute atomic E-state index is 8.62. The third kappa shape index (κ3) is 3.01. The molecular formula is C15H28N2. The van der Waals surface area contributed by atoms with Crippen LogP contribution >= 0.6 is 0 Å². The Kier molecular flexibility index (Phi) is 3.94. The molecule has 1 saturated carbocycles. The Hall–Kier alpha value is -0.550. The first kappa shape index (κ1) is 14.5. The fourth-order valence-corrected chi connectivity index (χ4v) is 2.88. The molecule has 0 saturated heterocycles. The van der Waals surface area contributed by atoms with Gasteiger partial charge in [0.15, 0.2) is 0 Å². The van der Waals surface area contributed by atoms with Crippen molar-refractivity contribution in [3.63, 3.8) is 0 Å². The van der Waals surface area contributed by atoms with Crippen LogP contribution in [-0.4, -0.2) is 13.1 Å². The number of nitriles is 1. The molecule has 1 aliphatic carbocycles. The minimum atomic E-state index is 0.235. The van der Waals surface area contributed by atoms with Crippen molar-refractivity contribution in [1.82, 2.24) is 5.32 Å². The molecule has 0 aromatic rings. The van der Waals surface area contributed by atoms with Crippen LogP contribution in [0.25, 0.3) is 0 Å². The summed E-state index contributed by atoms with van der Waals surface area (Å²) in [5.41, 5.74) is 1.17. The Bertz CT molecular complexity index is 293. The second kappa shape index (κ2) is 4.61. The molecular weight excluding hydrogens is 208 g/mol. The quantitative estimate of drug-likeness (QED) is 0.765. The van der Waals surface area contributed by atoms with E-state index in [1.807, 2.05) is 0 Å². The molecule has 0 aromatic carbocycles. The molecule has 98 valence electrons. The molecule has 1 N–H and O–H groups in total. The summed E-state index contributed by atoms with van der Waals surface area (Å²) in [6.45, 7) is 16.0. The number of hydrogen-bond donors (Lipinski definition) is 1. The zero-order valence-electron chi connectivity index (χ0n) is 12.4.